The first-order chi connectivity index (χ1) is 11.0. The first-order valence-electron chi connectivity index (χ1n) is 7.36. The molecule has 1 N–H and O–H groups in total. The summed E-state index contributed by atoms with van der Waals surface area (Å²) >= 11 is 0. The molecule has 0 aliphatic carbocycles. The van der Waals surface area contributed by atoms with E-state index < -0.39 is 0 Å². The van der Waals surface area contributed by atoms with Gasteiger partial charge in [-0.2, -0.15) is 0 Å². The summed E-state index contributed by atoms with van der Waals surface area (Å²) in [5, 5.41) is 2.79. The zero-order valence-corrected chi connectivity index (χ0v) is 13.5. The van der Waals surface area contributed by atoms with Crippen LogP contribution in [0.25, 0.3) is 6.08 Å². The highest BCUT2D eigenvalue weighted by molar-refractivity contribution is 6.02. The third-order valence-electron chi connectivity index (χ3n) is 3.50. The second kappa shape index (κ2) is 7.40. The topological polar surface area (TPSA) is 49.4 Å². The second-order valence-corrected chi connectivity index (χ2v) is 5.36. The second-order valence-electron chi connectivity index (χ2n) is 5.36. The van der Waals surface area contributed by atoms with Crippen LogP contribution in [0.1, 0.15) is 18.1 Å². The van der Waals surface area contributed by atoms with Gasteiger partial charge < -0.3 is 10.2 Å². The van der Waals surface area contributed by atoms with Crippen LogP contribution in [0.2, 0.25) is 0 Å². The fraction of sp³-hybridized carbons (Fsp3) is 0.158. The van der Waals surface area contributed by atoms with Crippen molar-refractivity contribution in [3.05, 3.63) is 65.7 Å². The molecule has 2 rings (SSSR count). The summed E-state index contributed by atoms with van der Waals surface area (Å²) in [6, 6.07) is 15.1. The maximum Gasteiger partial charge on any atom is 0.248 e. The van der Waals surface area contributed by atoms with Gasteiger partial charge in [0.15, 0.2) is 0 Å². The van der Waals surface area contributed by atoms with Gasteiger partial charge in [-0.05, 0) is 42.8 Å². The highest BCUT2D eigenvalue weighted by Crippen LogP contribution is 2.17. The van der Waals surface area contributed by atoms with Crippen molar-refractivity contribution in [3.63, 3.8) is 0 Å². The lowest BCUT2D eigenvalue weighted by Crippen LogP contribution is -2.22. The Labute approximate surface area is 136 Å². The van der Waals surface area contributed by atoms with Gasteiger partial charge in [0, 0.05) is 31.4 Å². The third-order valence-corrected chi connectivity index (χ3v) is 3.50. The highest BCUT2D eigenvalue weighted by atomic mass is 16.2. The van der Waals surface area contributed by atoms with Crippen LogP contribution in [0.5, 0.6) is 0 Å². The Hall–Kier alpha value is -2.88. The Bertz CT molecular complexity index is 716. The Morgan fingerprint density at radius 2 is 1.61 bits per heavy atom. The molecular weight excluding hydrogens is 288 g/mol. The van der Waals surface area contributed by atoms with E-state index in [0.29, 0.717) is 5.69 Å². The van der Waals surface area contributed by atoms with Crippen molar-refractivity contribution in [1.29, 1.82) is 0 Å². The first kappa shape index (κ1) is 16.5. The van der Waals surface area contributed by atoms with Gasteiger partial charge in [0.05, 0.1) is 0 Å². The minimum Gasteiger partial charge on any atom is -0.323 e. The molecule has 0 spiro atoms. The molecule has 0 saturated carbocycles. The zero-order chi connectivity index (χ0) is 16.8. The van der Waals surface area contributed by atoms with Crippen LogP contribution in [-0.4, -0.2) is 18.9 Å². The summed E-state index contributed by atoms with van der Waals surface area (Å²) in [6.45, 7) is 3.53. The number of rotatable bonds is 4. The van der Waals surface area contributed by atoms with Gasteiger partial charge in [-0.1, -0.05) is 29.8 Å². The summed E-state index contributed by atoms with van der Waals surface area (Å²) in [5.74, 6) is -0.235. The Kier molecular flexibility index (Phi) is 5.31. The highest BCUT2D eigenvalue weighted by Gasteiger charge is 2.05. The molecule has 4 heteroatoms. The normalized spacial score (nSPS) is 10.6. The van der Waals surface area contributed by atoms with Gasteiger partial charge in [0.2, 0.25) is 11.8 Å². The SMILES string of the molecule is CC(=O)N(C)c1ccc(NC(=O)/C=C/c2ccc(C)cc2)cc1. The monoisotopic (exact) mass is 308 g/mol. The number of benzene rings is 2. The van der Waals surface area contributed by atoms with Gasteiger partial charge >= 0.3 is 0 Å². The predicted octanol–water partition coefficient (Wildman–Crippen LogP) is 3.63. The molecule has 118 valence electrons. The molecule has 4 nitrogen and oxygen atoms in total. The number of amides is 2. The van der Waals surface area contributed by atoms with E-state index in [1.54, 1.807) is 42.3 Å². The van der Waals surface area contributed by atoms with Gasteiger partial charge in [-0.25, -0.2) is 0 Å². The first-order valence-corrected chi connectivity index (χ1v) is 7.36. The Balaban J connectivity index is 1.97. The van der Waals surface area contributed by atoms with Gasteiger partial charge in [-0.3, -0.25) is 9.59 Å². The molecule has 23 heavy (non-hydrogen) atoms. The van der Waals surface area contributed by atoms with Crippen molar-refractivity contribution in [3.8, 4) is 0 Å². The number of nitrogens with zero attached hydrogens (tertiary/aromatic N) is 1. The van der Waals surface area contributed by atoms with E-state index in [2.05, 4.69) is 5.32 Å². The molecule has 0 aliphatic heterocycles. The number of carbonyl (C=O) groups is 2. The van der Waals surface area contributed by atoms with E-state index in [1.807, 2.05) is 31.2 Å². The molecule has 0 aliphatic rings. The van der Waals surface area contributed by atoms with Crippen LogP contribution in [0.3, 0.4) is 0 Å². The summed E-state index contributed by atoms with van der Waals surface area (Å²) in [5.41, 5.74) is 3.63. The fourth-order valence-corrected chi connectivity index (χ4v) is 1.98. The van der Waals surface area contributed by atoms with Gasteiger partial charge in [0.25, 0.3) is 0 Å². The molecule has 0 atom stereocenters. The Morgan fingerprint density at radius 1 is 1.00 bits per heavy atom. The van der Waals surface area contributed by atoms with Crippen LogP contribution >= 0.6 is 0 Å². The minimum atomic E-state index is -0.196. The van der Waals surface area contributed by atoms with E-state index in [-0.39, 0.29) is 11.8 Å². The molecular formula is C19H20N2O2. The predicted molar refractivity (Wildman–Crippen MR) is 94.4 cm³/mol. The van der Waals surface area contributed by atoms with Crippen LogP contribution < -0.4 is 10.2 Å². The van der Waals surface area contributed by atoms with Crippen LogP contribution in [0.15, 0.2) is 54.6 Å². The van der Waals surface area contributed by atoms with E-state index in [9.17, 15) is 9.59 Å². The van der Waals surface area contributed by atoms with Crippen molar-refractivity contribution in [2.24, 2.45) is 0 Å². The summed E-state index contributed by atoms with van der Waals surface area (Å²) in [4.78, 5) is 24.8. The molecule has 0 radical (unpaired) electrons. The standard InChI is InChI=1S/C19H20N2O2/c1-14-4-6-16(7-5-14)8-13-19(23)20-17-9-11-18(12-10-17)21(3)15(2)22/h4-13H,1-3H3,(H,20,23)/b13-8+. The van der Waals surface area contributed by atoms with Gasteiger partial charge in [-0.15, -0.1) is 0 Å². The van der Waals surface area contributed by atoms with Crippen molar-refractivity contribution in [2.45, 2.75) is 13.8 Å². The van der Waals surface area contributed by atoms with Crippen LogP contribution in [0, 0.1) is 6.92 Å². The lowest BCUT2D eigenvalue weighted by molar-refractivity contribution is -0.116. The zero-order valence-electron chi connectivity index (χ0n) is 13.5. The average Bonchev–Trinajstić information content (AvgIpc) is 2.54. The molecule has 0 bridgehead atoms. The quantitative estimate of drug-likeness (QED) is 0.877. The van der Waals surface area contributed by atoms with Crippen molar-refractivity contribution in [1.82, 2.24) is 0 Å². The van der Waals surface area contributed by atoms with Crippen LogP contribution in [-0.2, 0) is 9.59 Å². The number of anilines is 2. The number of carbonyl (C=O) groups excluding carboxylic acids is 2. The number of hydrogen-bond donors (Lipinski definition) is 1. The fourth-order valence-electron chi connectivity index (χ4n) is 1.98. The lowest BCUT2D eigenvalue weighted by atomic mass is 10.1. The molecule has 2 aromatic carbocycles. The molecule has 0 unspecified atom stereocenters. The molecule has 0 aromatic heterocycles. The van der Waals surface area contributed by atoms with E-state index in [1.165, 1.54) is 18.6 Å². The number of nitrogens with one attached hydrogen (secondary N) is 1. The lowest BCUT2D eigenvalue weighted by Gasteiger charge is -2.15. The maximum atomic E-state index is 11.9. The van der Waals surface area contributed by atoms with E-state index in [0.717, 1.165) is 11.3 Å². The summed E-state index contributed by atoms with van der Waals surface area (Å²) in [6.07, 6.45) is 3.27. The van der Waals surface area contributed by atoms with Crippen molar-refractivity contribution >= 4 is 29.3 Å². The summed E-state index contributed by atoms with van der Waals surface area (Å²) < 4.78 is 0. The molecule has 0 heterocycles. The van der Waals surface area contributed by atoms with Crippen LogP contribution in [0.4, 0.5) is 11.4 Å². The largest absolute Gasteiger partial charge is 0.323 e. The van der Waals surface area contributed by atoms with E-state index >= 15 is 0 Å². The molecule has 0 fully saturated rings. The maximum absolute atomic E-state index is 11.9. The minimum absolute atomic E-state index is 0.0391. The molecule has 2 amide bonds. The van der Waals surface area contributed by atoms with E-state index in [4.69, 9.17) is 0 Å². The van der Waals surface area contributed by atoms with Crippen molar-refractivity contribution in [2.75, 3.05) is 17.3 Å². The van der Waals surface area contributed by atoms with Gasteiger partial charge in [0.1, 0.15) is 0 Å². The average molecular weight is 308 g/mol. The Morgan fingerprint density at radius 3 is 2.17 bits per heavy atom. The molecule has 2 aromatic rings. The number of aryl methyl sites for hydroxylation is 1. The number of hydrogen-bond acceptors (Lipinski definition) is 2. The van der Waals surface area contributed by atoms with Crippen molar-refractivity contribution < 1.29 is 9.59 Å². The summed E-state index contributed by atoms with van der Waals surface area (Å²) in [7, 11) is 1.71. The smallest absolute Gasteiger partial charge is 0.248 e. The third kappa shape index (κ3) is 4.81. The molecule has 0 saturated heterocycles.